The predicted molar refractivity (Wildman–Crippen MR) is 60.7 cm³/mol. The molecular weight excluding hydrogens is 234 g/mol. The fourth-order valence-corrected chi connectivity index (χ4v) is 2.16. The quantitative estimate of drug-likeness (QED) is 0.809. The molecule has 18 heavy (non-hydrogen) atoms. The van der Waals surface area contributed by atoms with Crippen LogP contribution in [0.5, 0.6) is 0 Å². The number of carbonyl (C=O) groups excluding carboxylic acids is 1. The average molecular weight is 247 g/mol. The molecule has 0 N–H and O–H groups in total. The van der Waals surface area contributed by atoms with E-state index >= 15 is 0 Å². The minimum atomic E-state index is 0.192. The Morgan fingerprint density at radius 2 is 2.06 bits per heavy atom. The number of aromatic nitrogens is 3. The van der Waals surface area contributed by atoms with Gasteiger partial charge in [0.1, 0.15) is 17.7 Å². The number of aryl methyl sites for hydroxylation is 1. The molecule has 2 aromatic rings. The molecule has 0 atom stereocenters. The second kappa shape index (κ2) is 4.36. The lowest BCUT2D eigenvalue weighted by molar-refractivity contribution is -0.120. The van der Waals surface area contributed by atoms with Gasteiger partial charge in [-0.05, 0) is 12.8 Å². The van der Waals surface area contributed by atoms with Crippen LogP contribution in [0.1, 0.15) is 43.4 Å². The summed E-state index contributed by atoms with van der Waals surface area (Å²) < 4.78 is 10.4. The Morgan fingerprint density at radius 1 is 1.28 bits per heavy atom. The molecule has 0 aromatic carbocycles. The highest BCUT2D eigenvalue weighted by molar-refractivity contribution is 5.79. The number of hydrogen-bond donors (Lipinski definition) is 0. The van der Waals surface area contributed by atoms with Gasteiger partial charge in [0.05, 0.1) is 0 Å². The van der Waals surface area contributed by atoms with Crippen LogP contribution in [0, 0.1) is 6.92 Å². The van der Waals surface area contributed by atoms with Gasteiger partial charge >= 0.3 is 0 Å². The first kappa shape index (κ1) is 11.1. The van der Waals surface area contributed by atoms with Crippen molar-refractivity contribution < 1.29 is 13.7 Å². The van der Waals surface area contributed by atoms with Crippen LogP contribution in [0.25, 0.3) is 11.5 Å². The van der Waals surface area contributed by atoms with Crippen LogP contribution in [0.15, 0.2) is 15.2 Å². The average Bonchev–Trinajstić information content (AvgIpc) is 2.98. The van der Waals surface area contributed by atoms with Crippen LogP contribution in [0.4, 0.5) is 0 Å². The van der Waals surface area contributed by atoms with E-state index in [0.29, 0.717) is 41.9 Å². The van der Waals surface area contributed by atoms with Crippen molar-refractivity contribution in [2.45, 2.75) is 38.5 Å². The molecule has 0 bridgehead atoms. The van der Waals surface area contributed by atoms with Gasteiger partial charge in [0.15, 0.2) is 5.89 Å². The van der Waals surface area contributed by atoms with E-state index in [-0.39, 0.29) is 5.92 Å². The number of nitrogens with zero attached hydrogens (tertiary/aromatic N) is 3. The summed E-state index contributed by atoms with van der Waals surface area (Å²) in [6.45, 7) is 1.76. The van der Waals surface area contributed by atoms with E-state index < -0.39 is 0 Å². The molecule has 2 heterocycles. The molecule has 6 nitrogen and oxygen atoms in total. The molecule has 6 heteroatoms. The van der Waals surface area contributed by atoms with Crippen LogP contribution >= 0.6 is 0 Å². The van der Waals surface area contributed by atoms with Crippen molar-refractivity contribution in [2.75, 3.05) is 0 Å². The van der Waals surface area contributed by atoms with Crippen molar-refractivity contribution in [1.29, 1.82) is 0 Å². The Labute approximate surface area is 103 Å². The van der Waals surface area contributed by atoms with Crippen LogP contribution in [0.2, 0.25) is 0 Å². The van der Waals surface area contributed by atoms with Crippen molar-refractivity contribution in [3.63, 3.8) is 0 Å². The summed E-state index contributed by atoms with van der Waals surface area (Å²) in [5.74, 6) is 2.12. The first-order valence-corrected chi connectivity index (χ1v) is 6.00. The summed E-state index contributed by atoms with van der Waals surface area (Å²) in [6, 6.07) is 0. The minimum Gasteiger partial charge on any atom is -0.449 e. The summed E-state index contributed by atoms with van der Waals surface area (Å²) in [4.78, 5) is 19.7. The molecule has 94 valence electrons. The Hall–Kier alpha value is -1.98. The Balaban J connectivity index is 1.79. The zero-order valence-electron chi connectivity index (χ0n) is 10.0. The minimum absolute atomic E-state index is 0.192. The number of ketones is 1. The second-order valence-electron chi connectivity index (χ2n) is 4.52. The van der Waals surface area contributed by atoms with Crippen molar-refractivity contribution in [3.05, 3.63) is 18.0 Å². The van der Waals surface area contributed by atoms with Gasteiger partial charge in [-0.2, -0.15) is 4.98 Å². The fraction of sp³-hybridized carbons (Fsp3) is 0.500. The first-order valence-electron chi connectivity index (χ1n) is 6.00. The maximum atomic E-state index is 11.2. The summed E-state index contributed by atoms with van der Waals surface area (Å²) in [5.41, 5.74) is 0.578. The predicted octanol–water partition coefficient (Wildman–Crippen LogP) is 2.26. The highest BCUT2D eigenvalue weighted by Gasteiger charge is 2.25. The Kier molecular flexibility index (Phi) is 2.70. The molecule has 1 aliphatic carbocycles. The normalized spacial score (nSPS) is 17.3. The molecule has 0 aliphatic heterocycles. The lowest BCUT2D eigenvalue weighted by Crippen LogP contribution is -2.12. The molecular formula is C12H13N3O3. The first-order chi connectivity index (χ1) is 8.72. The number of oxazole rings is 1. The van der Waals surface area contributed by atoms with Crippen molar-refractivity contribution >= 4 is 5.78 Å². The van der Waals surface area contributed by atoms with Gasteiger partial charge in [0, 0.05) is 25.7 Å². The molecule has 1 fully saturated rings. The lowest BCUT2D eigenvalue weighted by Gasteiger charge is -2.16. The van der Waals surface area contributed by atoms with Gasteiger partial charge in [-0.3, -0.25) is 4.79 Å². The van der Waals surface area contributed by atoms with Crippen LogP contribution in [-0.4, -0.2) is 20.9 Å². The van der Waals surface area contributed by atoms with Crippen LogP contribution in [0.3, 0.4) is 0 Å². The maximum Gasteiger partial charge on any atom is 0.230 e. The molecule has 1 saturated carbocycles. The summed E-state index contributed by atoms with van der Waals surface area (Å²) in [5, 5.41) is 3.90. The zero-order valence-corrected chi connectivity index (χ0v) is 10.0. The third-order valence-electron chi connectivity index (χ3n) is 3.18. The fourth-order valence-electron chi connectivity index (χ4n) is 2.16. The van der Waals surface area contributed by atoms with E-state index in [0.717, 1.165) is 12.8 Å². The largest absolute Gasteiger partial charge is 0.449 e. The number of carbonyl (C=O) groups is 1. The van der Waals surface area contributed by atoms with E-state index in [2.05, 4.69) is 15.1 Å². The van der Waals surface area contributed by atoms with Crippen LogP contribution < -0.4 is 0 Å². The van der Waals surface area contributed by atoms with E-state index in [1.54, 1.807) is 6.92 Å². The third-order valence-corrected chi connectivity index (χ3v) is 3.18. The van der Waals surface area contributed by atoms with Crippen molar-refractivity contribution in [1.82, 2.24) is 15.1 Å². The molecule has 0 saturated heterocycles. The molecule has 1 aliphatic rings. The summed E-state index contributed by atoms with van der Waals surface area (Å²) in [7, 11) is 0. The number of hydrogen-bond acceptors (Lipinski definition) is 6. The zero-order chi connectivity index (χ0) is 12.5. The third kappa shape index (κ3) is 2.05. The van der Waals surface area contributed by atoms with Gasteiger partial charge in [-0.15, -0.1) is 0 Å². The number of rotatable bonds is 2. The highest BCUT2D eigenvalue weighted by atomic mass is 16.5. The van der Waals surface area contributed by atoms with Gasteiger partial charge in [-0.1, -0.05) is 5.16 Å². The standard InChI is InChI=1S/C12H13N3O3/c1-7-13-10(6-17-7)11-14-12(18-15-11)8-2-4-9(16)5-3-8/h6,8H,2-5H2,1H3. The van der Waals surface area contributed by atoms with E-state index in [1.165, 1.54) is 6.26 Å². The monoisotopic (exact) mass is 247 g/mol. The smallest absolute Gasteiger partial charge is 0.230 e. The molecule has 0 amide bonds. The summed E-state index contributed by atoms with van der Waals surface area (Å²) in [6.07, 6.45) is 4.29. The topological polar surface area (TPSA) is 82.0 Å². The van der Waals surface area contributed by atoms with E-state index in [1.807, 2.05) is 0 Å². The SMILES string of the molecule is Cc1nc(-c2noc(C3CCC(=O)CC3)n2)co1. The lowest BCUT2D eigenvalue weighted by atomic mass is 9.88. The molecule has 0 unspecified atom stereocenters. The van der Waals surface area contributed by atoms with Gasteiger partial charge in [0.25, 0.3) is 0 Å². The van der Waals surface area contributed by atoms with Gasteiger partial charge in [-0.25, -0.2) is 4.98 Å². The molecule has 0 spiro atoms. The second-order valence-corrected chi connectivity index (χ2v) is 4.52. The van der Waals surface area contributed by atoms with E-state index in [4.69, 9.17) is 8.94 Å². The maximum absolute atomic E-state index is 11.2. The highest BCUT2D eigenvalue weighted by Crippen LogP contribution is 2.31. The van der Waals surface area contributed by atoms with Gasteiger partial charge in [0.2, 0.25) is 11.7 Å². The Morgan fingerprint density at radius 3 is 2.72 bits per heavy atom. The van der Waals surface area contributed by atoms with Crippen molar-refractivity contribution in [2.24, 2.45) is 0 Å². The van der Waals surface area contributed by atoms with Crippen molar-refractivity contribution in [3.8, 4) is 11.5 Å². The molecule has 0 radical (unpaired) electrons. The molecule has 3 rings (SSSR count). The van der Waals surface area contributed by atoms with Crippen LogP contribution in [-0.2, 0) is 4.79 Å². The number of Topliss-reactive ketones (excluding diaryl/α,β-unsaturated/α-hetero) is 1. The Bertz CT molecular complexity index is 563. The van der Waals surface area contributed by atoms with Gasteiger partial charge < -0.3 is 8.94 Å². The van der Waals surface area contributed by atoms with E-state index in [9.17, 15) is 4.79 Å². The summed E-state index contributed by atoms with van der Waals surface area (Å²) >= 11 is 0. The molecule has 2 aromatic heterocycles.